The Hall–Kier alpha value is -1.11. The summed E-state index contributed by atoms with van der Waals surface area (Å²) >= 11 is 11.9. The van der Waals surface area contributed by atoms with Gasteiger partial charge in [-0.3, -0.25) is 4.79 Å². The second-order valence-corrected chi connectivity index (χ2v) is 5.66. The molecule has 1 atom stereocenters. The van der Waals surface area contributed by atoms with E-state index in [0.717, 1.165) is 12.8 Å². The van der Waals surface area contributed by atoms with Crippen LogP contribution in [0.3, 0.4) is 0 Å². The number of halogens is 2. The molecule has 1 aliphatic heterocycles. The maximum atomic E-state index is 12.3. The van der Waals surface area contributed by atoms with Gasteiger partial charge in [-0.1, -0.05) is 23.2 Å². The van der Waals surface area contributed by atoms with Crippen LogP contribution in [0.25, 0.3) is 0 Å². The van der Waals surface area contributed by atoms with Gasteiger partial charge in [0.1, 0.15) is 6.04 Å². The standard InChI is InChI=1S/C12H14Cl2N4O2/c13-10-5-8(11(14)17-16-10)18-3-4-20-6-9(18)12(19)15-7-1-2-7/h5,7,9H,1-4,6H2,(H,15,19). The number of nitrogens with one attached hydrogen (secondary N) is 1. The maximum Gasteiger partial charge on any atom is 0.245 e. The summed E-state index contributed by atoms with van der Waals surface area (Å²) in [5.41, 5.74) is 0.617. The summed E-state index contributed by atoms with van der Waals surface area (Å²) < 4.78 is 5.41. The molecule has 1 unspecified atom stereocenters. The molecule has 0 bridgehead atoms. The summed E-state index contributed by atoms with van der Waals surface area (Å²) in [4.78, 5) is 14.2. The number of aromatic nitrogens is 2. The minimum Gasteiger partial charge on any atom is -0.377 e. The third kappa shape index (κ3) is 2.97. The van der Waals surface area contributed by atoms with Crippen LogP contribution in [-0.4, -0.2) is 47.9 Å². The third-order valence-corrected chi connectivity index (χ3v) is 3.82. The minimum absolute atomic E-state index is 0.0452. The van der Waals surface area contributed by atoms with Gasteiger partial charge in [-0.25, -0.2) is 0 Å². The van der Waals surface area contributed by atoms with Gasteiger partial charge >= 0.3 is 0 Å². The Bertz CT molecular complexity index is 524. The average Bonchev–Trinajstić information content (AvgIpc) is 3.25. The van der Waals surface area contributed by atoms with E-state index in [1.54, 1.807) is 6.07 Å². The van der Waals surface area contributed by atoms with Gasteiger partial charge in [0.2, 0.25) is 5.91 Å². The highest BCUT2D eigenvalue weighted by Gasteiger charge is 2.34. The molecule has 8 heteroatoms. The van der Waals surface area contributed by atoms with E-state index in [-0.39, 0.29) is 16.2 Å². The summed E-state index contributed by atoms with van der Waals surface area (Å²) in [6.07, 6.45) is 2.09. The van der Waals surface area contributed by atoms with Crippen LogP contribution in [0.1, 0.15) is 12.8 Å². The van der Waals surface area contributed by atoms with Crippen molar-refractivity contribution in [3.05, 3.63) is 16.4 Å². The number of ether oxygens (including phenoxy) is 1. The fourth-order valence-corrected chi connectivity index (χ4v) is 2.52. The van der Waals surface area contributed by atoms with Gasteiger partial charge in [-0.15, -0.1) is 10.2 Å². The second-order valence-electron chi connectivity index (χ2n) is 4.91. The predicted molar refractivity (Wildman–Crippen MR) is 75.2 cm³/mol. The summed E-state index contributed by atoms with van der Waals surface area (Å²) in [6, 6.07) is 1.52. The Morgan fingerprint density at radius 1 is 1.40 bits per heavy atom. The summed E-state index contributed by atoms with van der Waals surface area (Å²) in [7, 11) is 0. The number of rotatable bonds is 3. The monoisotopic (exact) mass is 316 g/mol. The molecule has 108 valence electrons. The van der Waals surface area contributed by atoms with Crippen molar-refractivity contribution < 1.29 is 9.53 Å². The normalized spacial score (nSPS) is 22.7. The van der Waals surface area contributed by atoms with Crippen molar-refractivity contribution in [2.75, 3.05) is 24.7 Å². The van der Waals surface area contributed by atoms with Crippen molar-refractivity contribution in [1.82, 2.24) is 15.5 Å². The van der Waals surface area contributed by atoms with Crippen molar-refractivity contribution in [3.63, 3.8) is 0 Å². The number of carbonyl (C=O) groups excluding carboxylic acids is 1. The van der Waals surface area contributed by atoms with E-state index in [2.05, 4.69) is 15.5 Å². The molecule has 1 aromatic heterocycles. The number of morpholine rings is 1. The van der Waals surface area contributed by atoms with Crippen molar-refractivity contribution in [2.24, 2.45) is 0 Å². The van der Waals surface area contributed by atoms with E-state index in [0.29, 0.717) is 31.5 Å². The highest BCUT2D eigenvalue weighted by Crippen LogP contribution is 2.29. The Labute approximate surface area is 126 Å². The Morgan fingerprint density at radius 3 is 2.95 bits per heavy atom. The number of hydrogen-bond donors (Lipinski definition) is 1. The molecule has 1 aliphatic carbocycles. The fraction of sp³-hybridized carbons (Fsp3) is 0.583. The molecular formula is C12H14Cl2N4O2. The number of carbonyl (C=O) groups is 1. The fourth-order valence-electron chi connectivity index (χ4n) is 2.18. The van der Waals surface area contributed by atoms with Crippen LogP contribution in [-0.2, 0) is 9.53 Å². The predicted octanol–water partition coefficient (Wildman–Crippen LogP) is 1.27. The summed E-state index contributed by atoms with van der Waals surface area (Å²) in [5.74, 6) is -0.0452. The SMILES string of the molecule is O=C(NC1CC1)C1COCCN1c1cc(Cl)nnc1Cl. The smallest absolute Gasteiger partial charge is 0.245 e. The zero-order valence-corrected chi connectivity index (χ0v) is 12.2. The molecular weight excluding hydrogens is 303 g/mol. The molecule has 3 rings (SSSR count). The van der Waals surface area contributed by atoms with Crippen LogP contribution in [0.5, 0.6) is 0 Å². The molecule has 1 saturated carbocycles. The molecule has 2 heterocycles. The van der Waals surface area contributed by atoms with E-state index in [1.165, 1.54) is 0 Å². The van der Waals surface area contributed by atoms with Crippen LogP contribution in [0, 0.1) is 0 Å². The van der Waals surface area contributed by atoms with Crippen LogP contribution < -0.4 is 10.2 Å². The van der Waals surface area contributed by atoms with E-state index in [1.807, 2.05) is 4.90 Å². The first-order chi connectivity index (χ1) is 9.65. The molecule has 1 amide bonds. The first-order valence-electron chi connectivity index (χ1n) is 6.48. The van der Waals surface area contributed by atoms with E-state index in [4.69, 9.17) is 27.9 Å². The molecule has 20 heavy (non-hydrogen) atoms. The minimum atomic E-state index is -0.415. The number of amides is 1. The molecule has 0 radical (unpaired) electrons. The maximum absolute atomic E-state index is 12.3. The topological polar surface area (TPSA) is 67.3 Å². The lowest BCUT2D eigenvalue weighted by Crippen LogP contribution is -2.54. The third-order valence-electron chi connectivity index (χ3n) is 3.36. The lowest BCUT2D eigenvalue weighted by atomic mass is 10.2. The Kier molecular flexibility index (Phi) is 3.96. The van der Waals surface area contributed by atoms with Crippen LogP contribution >= 0.6 is 23.2 Å². The quantitative estimate of drug-likeness (QED) is 0.909. The van der Waals surface area contributed by atoms with Crippen molar-refractivity contribution >= 4 is 34.8 Å². The molecule has 1 saturated heterocycles. The molecule has 6 nitrogen and oxygen atoms in total. The summed E-state index contributed by atoms with van der Waals surface area (Å²) in [6.45, 7) is 1.42. The molecule has 1 N–H and O–H groups in total. The second kappa shape index (κ2) is 5.71. The average molecular weight is 317 g/mol. The molecule has 2 fully saturated rings. The van der Waals surface area contributed by atoms with Crippen LogP contribution in [0.4, 0.5) is 5.69 Å². The largest absolute Gasteiger partial charge is 0.377 e. The van der Waals surface area contributed by atoms with E-state index in [9.17, 15) is 4.79 Å². The Balaban J connectivity index is 1.83. The van der Waals surface area contributed by atoms with Gasteiger partial charge in [-0.05, 0) is 12.8 Å². The van der Waals surface area contributed by atoms with E-state index >= 15 is 0 Å². The van der Waals surface area contributed by atoms with Crippen LogP contribution in [0.2, 0.25) is 10.3 Å². The van der Waals surface area contributed by atoms with Gasteiger partial charge in [0.15, 0.2) is 10.3 Å². The van der Waals surface area contributed by atoms with Crippen molar-refractivity contribution in [3.8, 4) is 0 Å². The van der Waals surface area contributed by atoms with Crippen LogP contribution in [0.15, 0.2) is 6.07 Å². The van der Waals surface area contributed by atoms with Gasteiger partial charge in [0.25, 0.3) is 0 Å². The lowest BCUT2D eigenvalue weighted by Gasteiger charge is -2.36. The first kappa shape index (κ1) is 13.9. The van der Waals surface area contributed by atoms with E-state index < -0.39 is 6.04 Å². The number of hydrogen-bond acceptors (Lipinski definition) is 5. The van der Waals surface area contributed by atoms with Gasteiger partial charge in [0.05, 0.1) is 18.9 Å². The van der Waals surface area contributed by atoms with Gasteiger partial charge in [0, 0.05) is 18.7 Å². The molecule has 1 aromatic rings. The highest BCUT2D eigenvalue weighted by molar-refractivity contribution is 6.33. The number of anilines is 1. The molecule has 0 spiro atoms. The first-order valence-corrected chi connectivity index (χ1v) is 7.24. The molecule has 2 aliphatic rings. The van der Waals surface area contributed by atoms with Crippen molar-refractivity contribution in [2.45, 2.75) is 24.9 Å². The van der Waals surface area contributed by atoms with Gasteiger partial charge in [-0.2, -0.15) is 0 Å². The molecule has 0 aromatic carbocycles. The van der Waals surface area contributed by atoms with Crippen molar-refractivity contribution in [1.29, 1.82) is 0 Å². The highest BCUT2D eigenvalue weighted by atomic mass is 35.5. The Morgan fingerprint density at radius 2 is 2.20 bits per heavy atom. The zero-order valence-electron chi connectivity index (χ0n) is 10.7. The van der Waals surface area contributed by atoms with Gasteiger partial charge < -0.3 is 15.0 Å². The summed E-state index contributed by atoms with van der Waals surface area (Å²) in [5, 5.41) is 10.9. The lowest BCUT2D eigenvalue weighted by molar-refractivity contribution is -0.124. The number of nitrogens with zero attached hydrogens (tertiary/aromatic N) is 3. The zero-order chi connectivity index (χ0) is 14.1.